The molecule has 0 saturated carbocycles. The van der Waals surface area contributed by atoms with E-state index in [0.717, 1.165) is 17.6 Å². The van der Waals surface area contributed by atoms with Gasteiger partial charge in [0.05, 0.1) is 24.0 Å². The van der Waals surface area contributed by atoms with Gasteiger partial charge in [-0.1, -0.05) is 0 Å². The summed E-state index contributed by atoms with van der Waals surface area (Å²) >= 11 is 0. The number of anilines is 1. The molecule has 0 atom stereocenters. The predicted molar refractivity (Wildman–Crippen MR) is 93.7 cm³/mol. The van der Waals surface area contributed by atoms with E-state index in [1.807, 2.05) is 18.4 Å². The van der Waals surface area contributed by atoms with E-state index < -0.39 is 10.0 Å². The van der Waals surface area contributed by atoms with Crippen LogP contribution in [0.25, 0.3) is 0 Å². The fourth-order valence-electron chi connectivity index (χ4n) is 2.18. The van der Waals surface area contributed by atoms with Crippen LogP contribution >= 0.6 is 0 Å². The second-order valence-corrected chi connectivity index (χ2v) is 7.66. The minimum absolute atomic E-state index is 0.196. The maximum Gasteiger partial charge on any atom is 0.251 e. The number of aryl methyl sites for hydroxylation is 1. The number of hydrogen-bond donors (Lipinski definition) is 1. The fraction of sp³-hybridized carbons (Fsp3) is 0.375. The van der Waals surface area contributed by atoms with Crippen molar-refractivity contribution in [3.63, 3.8) is 0 Å². The summed E-state index contributed by atoms with van der Waals surface area (Å²) in [6.45, 7) is 5.06. The fourth-order valence-corrected chi connectivity index (χ4v) is 2.68. The van der Waals surface area contributed by atoms with Crippen LogP contribution in [-0.4, -0.2) is 43.7 Å². The maximum absolute atomic E-state index is 12.1. The molecule has 1 aromatic heterocycles. The quantitative estimate of drug-likeness (QED) is 0.852. The van der Waals surface area contributed by atoms with Crippen molar-refractivity contribution in [3.8, 4) is 0 Å². The van der Waals surface area contributed by atoms with Gasteiger partial charge < -0.3 is 9.88 Å². The summed E-state index contributed by atoms with van der Waals surface area (Å²) in [5.41, 5.74) is 3.06. The zero-order valence-corrected chi connectivity index (χ0v) is 15.1. The molecule has 0 fully saturated rings. The molecular formula is C16H22N4O3S. The first kappa shape index (κ1) is 18.0. The SMILES string of the molecule is Cc1ncn(CCNC(=O)c2ccc(N(C)S(C)(=O)=O)cc2)c1C. The van der Waals surface area contributed by atoms with Crippen molar-refractivity contribution in [2.45, 2.75) is 20.4 Å². The lowest BCUT2D eigenvalue weighted by molar-refractivity contribution is 0.0952. The van der Waals surface area contributed by atoms with Gasteiger partial charge in [0, 0.05) is 31.4 Å². The first-order valence-electron chi connectivity index (χ1n) is 7.50. The number of carbonyl (C=O) groups excluding carboxylic acids is 1. The highest BCUT2D eigenvalue weighted by Gasteiger charge is 2.12. The van der Waals surface area contributed by atoms with E-state index in [0.29, 0.717) is 24.3 Å². The molecule has 2 aromatic rings. The smallest absolute Gasteiger partial charge is 0.251 e. The van der Waals surface area contributed by atoms with Crippen LogP contribution in [-0.2, 0) is 16.6 Å². The molecule has 0 unspecified atom stereocenters. The highest BCUT2D eigenvalue weighted by Crippen LogP contribution is 2.16. The van der Waals surface area contributed by atoms with Gasteiger partial charge in [-0.2, -0.15) is 0 Å². The van der Waals surface area contributed by atoms with Crippen LogP contribution in [0.1, 0.15) is 21.7 Å². The van der Waals surface area contributed by atoms with Crippen molar-refractivity contribution < 1.29 is 13.2 Å². The van der Waals surface area contributed by atoms with Gasteiger partial charge in [0.15, 0.2) is 0 Å². The lowest BCUT2D eigenvalue weighted by atomic mass is 10.2. The molecule has 0 saturated heterocycles. The van der Waals surface area contributed by atoms with Gasteiger partial charge in [0.25, 0.3) is 5.91 Å². The summed E-state index contributed by atoms with van der Waals surface area (Å²) in [7, 11) is -1.84. The molecule has 1 N–H and O–H groups in total. The highest BCUT2D eigenvalue weighted by atomic mass is 32.2. The van der Waals surface area contributed by atoms with Crippen LogP contribution < -0.4 is 9.62 Å². The Morgan fingerprint density at radius 1 is 1.25 bits per heavy atom. The predicted octanol–water partition coefficient (Wildman–Crippen LogP) is 1.33. The Kier molecular flexibility index (Phi) is 5.28. The van der Waals surface area contributed by atoms with Crippen LogP contribution in [0.5, 0.6) is 0 Å². The Labute approximate surface area is 142 Å². The number of imidazole rings is 1. The molecule has 7 nitrogen and oxygen atoms in total. The molecule has 24 heavy (non-hydrogen) atoms. The lowest BCUT2D eigenvalue weighted by Gasteiger charge is -2.16. The molecule has 130 valence electrons. The van der Waals surface area contributed by atoms with E-state index >= 15 is 0 Å². The highest BCUT2D eigenvalue weighted by molar-refractivity contribution is 7.92. The minimum atomic E-state index is -3.31. The van der Waals surface area contributed by atoms with Crippen LogP contribution in [0, 0.1) is 13.8 Å². The van der Waals surface area contributed by atoms with E-state index in [-0.39, 0.29) is 5.91 Å². The molecule has 1 amide bonds. The topological polar surface area (TPSA) is 84.3 Å². The number of benzene rings is 1. The molecule has 0 radical (unpaired) electrons. The molecule has 1 heterocycles. The minimum Gasteiger partial charge on any atom is -0.350 e. The summed E-state index contributed by atoms with van der Waals surface area (Å²) in [5.74, 6) is -0.196. The molecule has 0 aliphatic heterocycles. The molecule has 0 bridgehead atoms. The van der Waals surface area contributed by atoms with Gasteiger partial charge in [-0.15, -0.1) is 0 Å². The van der Waals surface area contributed by atoms with E-state index in [1.165, 1.54) is 11.4 Å². The number of carbonyl (C=O) groups is 1. The third-order valence-electron chi connectivity index (χ3n) is 3.97. The number of hydrogen-bond acceptors (Lipinski definition) is 4. The molecule has 0 spiro atoms. The van der Waals surface area contributed by atoms with Crippen molar-refractivity contribution >= 4 is 21.6 Å². The summed E-state index contributed by atoms with van der Waals surface area (Å²) in [5, 5.41) is 2.84. The molecule has 8 heteroatoms. The van der Waals surface area contributed by atoms with E-state index in [9.17, 15) is 13.2 Å². The maximum atomic E-state index is 12.1. The van der Waals surface area contributed by atoms with Gasteiger partial charge in [-0.05, 0) is 38.1 Å². The van der Waals surface area contributed by atoms with Gasteiger partial charge in [0.2, 0.25) is 10.0 Å². The third-order valence-corrected chi connectivity index (χ3v) is 5.18. The molecule has 0 aliphatic rings. The number of nitrogens with one attached hydrogen (secondary N) is 1. The van der Waals surface area contributed by atoms with Crippen molar-refractivity contribution in [1.82, 2.24) is 14.9 Å². The molecule has 2 rings (SSSR count). The van der Waals surface area contributed by atoms with Gasteiger partial charge in [-0.25, -0.2) is 13.4 Å². The zero-order chi connectivity index (χ0) is 17.9. The molecular weight excluding hydrogens is 328 g/mol. The van der Waals surface area contributed by atoms with Crippen LogP contribution in [0.15, 0.2) is 30.6 Å². The van der Waals surface area contributed by atoms with E-state index in [1.54, 1.807) is 30.6 Å². The summed E-state index contributed by atoms with van der Waals surface area (Å²) in [6, 6.07) is 6.44. The van der Waals surface area contributed by atoms with Gasteiger partial charge >= 0.3 is 0 Å². The monoisotopic (exact) mass is 350 g/mol. The Hall–Kier alpha value is -2.35. The average molecular weight is 350 g/mol. The normalized spacial score (nSPS) is 11.3. The Balaban J connectivity index is 1.94. The van der Waals surface area contributed by atoms with E-state index in [4.69, 9.17) is 0 Å². The van der Waals surface area contributed by atoms with Crippen LogP contribution in [0.4, 0.5) is 5.69 Å². The Morgan fingerprint density at radius 2 is 1.88 bits per heavy atom. The number of aromatic nitrogens is 2. The van der Waals surface area contributed by atoms with Gasteiger partial charge in [0.1, 0.15) is 0 Å². The van der Waals surface area contributed by atoms with Crippen LogP contribution in [0.3, 0.4) is 0 Å². The second kappa shape index (κ2) is 7.04. The summed E-state index contributed by atoms with van der Waals surface area (Å²) in [6.07, 6.45) is 2.89. The standard InChI is InChI=1S/C16H22N4O3S/c1-12-13(2)20(11-18-12)10-9-17-16(21)14-5-7-15(8-6-14)19(3)24(4,22)23/h5-8,11H,9-10H2,1-4H3,(H,17,21). The van der Waals surface area contributed by atoms with Gasteiger partial charge in [-0.3, -0.25) is 9.10 Å². The largest absolute Gasteiger partial charge is 0.350 e. The first-order valence-corrected chi connectivity index (χ1v) is 9.35. The van der Waals surface area contributed by atoms with Crippen molar-refractivity contribution in [2.75, 3.05) is 24.2 Å². The number of nitrogens with zero attached hydrogens (tertiary/aromatic N) is 3. The average Bonchev–Trinajstić information content (AvgIpc) is 2.85. The third kappa shape index (κ3) is 4.14. The molecule has 0 aliphatic carbocycles. The lowest BCUT2D eigenvalue weighted by Crippen LogP contribution is -2.28. The first-order chi connectivity index (χ1) is 11.2. The summed E-state index contributed by atoms with van der Waals surface area (Å²) < 4.78 is 26.1. The summed E-state index contributed by atoms with van der Waals surface area (Å²) in [4.78, 5) is 16.3. The van der Waals surface area contributed by atoms with E-state index in [2.05, 4.69) is 10.3 Å². The van der Waals surface area contributed by atoms with Crippen molar-refractivity contribution in [3.05, 3.63) is 47.5 Å². The Bertz CT molecular complexity index is 826. The molecule has 1 aromatic carbocycles. The Morgan fingerprint density at radius 3 is 2.38 bits per heavy atom. The number of sulfonamides is 1. The zero-order valence-electron chi connectivity index (χ0n) is 14.3. The number of amides is 1. The van der Waals surface area contributed by atoms with Crippen LogP contribution in [0.2, 0.25) is 0 Å². The van der Waals surface area contributed by atoms with Crippen molar-refractivity contribution in [2.24, 2.45) is 0 Å². The number of rotatable bonds is 6. The second-order valence-electron chi connectivity index (χ2n) is 5.64. The van der Waals surface area contributed by atoms with Crippen molar-refractivity contribution in [1.29, 1.82) is 0 Å².